The van der Waals surface area contributed by atoms with Crippen molar-refractivity contribution in [2.75, 3.05) is 6.54 Å². The number of nitrogens with one attached hydrogen (secondary N) is 1. The molecule has 1 atom stereocenters. The van der Waals surface area contributed by atoms with Crippen molar-refractivity contribution in [1.29, 1.82) is 0 Å². The van der Waals surface area contributed by atoms with Gasteiger partial charge >= 0.3 is 0 Å². The first kappa shape index (κ1) is 18.5. The van der Waals surface area contributed by atoms with Crippen LogP contribution in [0.5, 0.6) is 0 Å². The second-order valence-electron chi connectivity index (χ2n) is 5.50. The lowest BCUT2D eigenvalue weighted by Crippen LogP contribution is -2.52. The lowest BCUT2D eigenvalue weighted by molar-refractivity contribution is -0.131. The van der Waals surface area contributed by atoms with Crippen molar-refractivity contribution in [1.82, 2.24) is 5.32 Å². The summed E-state index contributed by atoms with van der Waals surface area (Å²) in [6.45, 7) is 2.26. The SMILES string of the molecule is CC(NC(=O)CCCCCCN)(C(N)=O)c1cccc(Cl)c1. The van der Waals surface area contributed by atoms with Crippen molar-refractivity contribution in [3.05, 3.63) is 34.9 Å². The molecule has 122 valence electrons. The van der Waals surface area contributed by atoms with E-state index < -0.39 is 11.4 Å². The lowest BCUT2D eigenvalue weighted by atomic mass is 9.91. The molecule has 0 saturated heterocycles. The molecule has 0 fully saturated rings. The number of hydrogen-bond acceptors (Lipinski definition) is 3. The van der Waals surface area contributed by atoms with Crippen molar-refractivity contribution < 1.29 is 9.59 Å². The maximum absolute atomic E-state index is 12.1. The first-order chi connectivity index (χ1) is 10.4. The van der Waals surface area contributed by atoms with Crippen LogP contribution in [0.2, 0.25) is 5.02 Å². The molecular weight excluding hydrogens is 302 g/mol. The molecule has 0 aliphatic rings. The van der Waals surface area contributed by atoms with Gasteiger partial charge in [-0.2, -0.15) is 0 Å². The number of primary amides is 1. The van der Waals surface area contributed by atoms with E-state index in [0.717, 1.165) is 25.7 Å². The molecule has 0 heterocycles. The van der Waals surface area contributed by atoms with Gasteiger partial charge in [-0.1, -0.05) is 36.6 Å². The van der Waals surface area contributed by atoms with Gasteiger partial charge in [0.15, 0.2) is 0 Å². The van der Waals surface area contributed by atoms with E-state index in [1.54, 1.807) is 31.2 Å². The first-order valence-corrected chi connectivity index (χ1v) is 7.85. The highest BCUT2D eigenvalue weighted by atomic mass is 35.5. The molecule has 6 heteroatoms. The second-order valence-corrected chi connectivity index (χ2v) is 5.94. The number of hydrogen-bond donors (Lipinski definition) is 3. The lowest BCUT2D eigenvalue weighted by Gasteiger charge is -2.28. The quantitative estimate of drug-likeness (QED) is 0.606. The predicted molar refractivity (Wildman–Crippen MR) is 88.3 cm³/mol. The minimum atomic E-state index is -1.26. The van der Waals surface area contributed by atoms with Gasteiger partial charge in [0.1, 0.15) is 5.54 Å². The average molecular weight is 326 g/mol. The predicted octanol–water partition coefficient (Wildman–Crippen LogP) is 2.07. The molecule has 0 aliphatic carbocycles. The van der Waals surface area contributed by atoms with E-state index >= 15 is 0 Å². The molecular formula is C16H24ClN3O2. The highest BCUT2D eigenvalue weighted by molar-refractivity contribution is 6.30. The summed E-state index contributed by atoms with van der Waals surface area (Å²) < 4.78 is 0. The Kier molecular flexibility index (Phi) is 7.35. The van der Waals surface area contributed by atoms with Crippen LogP contribution in [0, 0.1) is 0 Å². The normalized spacial score (nSPS) is 13.4. The van der Waals surface area contributed by atoms with E-state index in [1.807, 2.05) is 0 Å². The zero-order valence-corrected chi connectivity index (χ0v) is 13.7. The maximum atomic E-state index is 12.1. The Hall–Kier alpha value is -1.59. The molecule has 1 aromatic carbocycles. The molecule has 1 aromatic rings. The summed E-state index contributed by atoms with van der Waals surface area (Å²) in [5.74, 6) is -0.819. The van der Waals surface area contributed by atoms with Gasteiger partial charge < -0.3 is 16.8 Å². The van der Waals surface area contributed by atoms with E-state index in [1.165, 1.54) is 0 Å². The number of carbonyl (C=O) groups is 2. The average Bonchev–Trinajstić information content (AvgIpc) is 2.46. The van der Waals surface area contributed by atoms with Crippen LogP contribution in [0.15, 0.2) is 24.3 Å². The molecule has 0 saturated carbocycles. The van der Waals surface area contributed by atoms with Gasteiger partial charge in [0.05, 0.1) is 0 Å². The Balaban J connectivity index is 2.68. The smallest absolute Gasteiger partial charge is 0.247 e. The summed E-state index contributed by atoms with van der Waals surface area (Å²) in [5.41, 5.74) is 10.2. The molecule has 5 nitrogen and oxygen atoms in total. The number of carbonyl (C=O) groups excluding carboxylic acids is 2. The monoisotopic (exact) mass is 325 g/mol. The minimum absolute atomic E-state index is 0.200. The van der Waals surface area contributed by atoms with Crippen LogP contribution in [0.25, 0.3) is 0 Å². The van der Waals surface area contributed by atoms with E-state index in [-0.39, 0.29) is 5.91 Å². The Morgan fingerprint density at radius 3 is 2.50 bits per heavy atom. The van der Waals surface area contributed by atoms with Crippen LogP contribution in [0.3, 0.4) is 0 Å². The Labute approximate surface area is 136 Å². The molecule has 0 aliphatic heterocycles. The van der Waals surface area contributed by atoms with Gasteiger partial charge in [-0.05, 0) is 44.0 Å². The second kappa shape index (κ2) is 8.76. The fourth-order valence-corrected chi connectivity index (χ4v) is 2.39. The van der Waals surface area contributed by atoms with Crippen LogP contribution in [-0.2, 0) is 15.1 Å². The highest BCUT2D eigenvalue weighted by Crippen LogP contribution is 2.23. The third-order valence-electron chi connectivity index (χ3n) is 3.64. The molecule has 1 unspecified atom stereocenters. The maximum Gasteiger partial charge on any atom is 0.247 e. The van der Waals surface area contributed by atoms with Crippen molar-refractivity contribution in [2.45, 2.75) is 44.6 Å². The van der Waals surface area contributed by atoms with Crippen molar-refractivity contribution in [2.24, 2.45) is 11.5 Å². The standard InChI is InChI=1S/C16H24ClN3O2/c1-16(15(19)22,12-7-6-8-13(17)11-12)20-14(21)9-4-2-3-5-10-18/h6-8,11H,2-5,9-10,18H2,1H3,(H2,19,22)(H,20,21). The number of nitrogens with two attached hydrogens (primary N) is 2. The van der Waals surface area contributed by atoms with Gasteiger partial charge in [0.2, 0.25) is 11.8 Å². The topological polar surface area (TPSA) is 98.2 Å². The Morgan fingerprint density at radius 1 is 1.23 bits per heavy atom. The van der Waals surface area contributed by atoms with Crippen LogP contribution >= 0.6 is 11.6 Å². The summed E-state index contributed by atoms with van der Waals surface area (Å²) in [5, 5.41) is 3.22. The number of unbranched alkanes of at least 4 members (excludes halogenated alkanes) is 3. The number of benzene rings is 1. The van der Waals surface area contributed by atoms with Crippen LogP contribution < -0.4 is 16.8 Å². The number of rotatable bonds is 9. The van der Waals surface area contributed by atoms with E-state index in [2.05, 4.69) is 5.32 Å². The fraction of sp³-hybridized carbons (Fsp3) is 0.500. The zero-order chi connectivity index (χ0) is 16.6. The van der Waals surface area contributed by atoms with Gasteiger partial charge in [0.25, 0.3) is 0 Å². The van der Waals surface area contributed by atoms with Gasteiger partial charge in [0, 0.05) is 11.4 Å². The molecule has 0 bridgehead atoms. The summed E-state index contributed by atoms with van der Waals surface area (Å²) in [6.07, 6.45) is 4.02. The van der Waals surface area contributed by atoms with Crippen molar-refractivity contribution in [3.63, 3.8) is 0 Å². The Bertz CT molecular complexity index is 522. The van der Waals surface area contributed by atoms with Gasteiger partial charge in [-0.25, -0.2) is 0 Å². The van der Waals surface area contributed by atoms with E-state index in [9.17, 15) is 9.59 Å². The van der Waals surface area contributed by atoms with E-state index in [0.29, 0.717) is 23.6 Å². The molecule has 22 heavy (non-hydrogen) atoms. The molecule has 0 spiro atoms. The highest BCUT2D eigenvalue weighted by Gasteiger charge is 2.34. The van der Waals surface area contributed by atoms with Crippen LogP contribution in [0.4, 0.5) is 0 Å². The number of halogens is 1. The summed E-state index contributed by atoms with van der Waals surface area (Å²) in [6, 6.07) is 6.77. The van der Waals surface area contributed by atoms with E-state index in [4.69, 9.17) is 23.1 Å². The molecule has 1 rings (SSSR count). The third-order valence-corrected chi connectivity index (χ3v) is 3.88. The summed E-state index contributed by atoms with van der Waals surface area (Å²) >= 11 is 5.95. The molecule has 0 aromatic heterocycles. The molecule has 5 N–H and O–H groups in total. The Morgan fingerprint density at radius 2 is 1.91 bits per heavy atom. The molecule has 2 amide bonds. The largest absolute Gasteiger partial charge is 0.367 e. The fourth-order valence-electron chi connectivity index (χ4n) is 2.20. The summed E-state index contributed by atoms with van der Waals surface area (Å²) in [7, 11) is 0. The minimum Gasteiger partial charge on any atom is -0.367 e. The number of amides is 2. The third kappa shape index (κ3) is 5.31. The van der Waals surface area contributed by atoms with Crippen molar-refractivity contribution >= 4 is 23.4 Å². The first-order valence-electron chi connectivity index (χ1n) is 7.47. The van der Waals surface area contributed by atoms with Crippen molar-refractivity contribution in [3.8, 4) is 0 Å². The van der Waals surface area contributed by atoms with Gasteiger partial charge in [-0.15, -0.1) is 0 Å². The van der Waals surface area contributed by atoms with Crippen LogP contribution in [0.1, 0.15) is 44.6 Å². The zero-order valence-electron chi connectivity index (χ0n) is 12.9. The summed E-state index contributed by atoms with van der Waals surface area (Å²) in [4.78, 5) is 23.9. The van der Waals surface area contributed by atoms with Crippen LogP contribution in [-0.4, -0.2) is 18.4 Å². The van der Waals surface area contributed by atoms with Gasteiger partial charge in [-0.3, -0.25) is 9.59 Å². The molecule has 0 radical (unpaired) electrons.